The quantitative estimate of drug-likeness (QED) is 0.425. The van der Waals surface area contributed by atoms with Crippen LogP contribution in [-0.4, -0.2) is 47.0 Å². The Labute approximate surface area is 119 Å². The molecule has 1 unspecified atom stereocenters. The van der Waals surface area contributed by atoms with Crippen molar-refractivity contribution < 1.29 is 47.6 Å². The van der Waals surface area contributed by atoms with Gasteiger partial charge < -0.3 is 14.6 Å². The summed E-state index contributed by atoms with van der Waals surface area (Å²) in [6, 6.07) is 0.307. The van der Waals surface area contributed by atoms with E-state index in [2.05, 4.69) is 4.90 Å². The zero-order valence-corrected chi connectivity index (χ0v) is 13.0. The van der Waals surface area contributed by atoms with Crippen LogP contribution < -0.4 is 29.6 Å². The average Bonchev–Trinajstić information content (AvgIpc) is 2.26. The maximum absolute atomic E-state index is 10.9. The molecule has 1 saturated heterocycles. The Bertz CT molecular complexity index is 319. The fourth-order valence-corrected chi connectivity index (χ4v) is 2.62. The SMILES string of the molecule is CC(C)N1CCCC(O)(S(=O)(=O)[O-])CC1.[Na+]. The summed E-state index contributed by atoms with van der Waals surface area (Å²) in [5.74, 6) is 0. The molecule has 1 atom stereocenters. The Balaban J connectivity index is 0.00000225. The average molecular weight is 259 g/mol. The van der Waals surface area contributed by atoms with Gasteiger partial charge in [0, 0.05) is 19.0 Å². The van der Waals surface area contributed by atoms with Gasteiger partial charge in [0.15, 0.2) is 4.93 Å². The second-order valence-corrected chi connectivity index (χ2v) is 6.05. The van der Waals surface area contributed by atoms with Gasteiger partial charge in [0.2, 0.25) is 0 Å². The summed E-state index contributed by atoms with van der Waals surface area (Å²) in [7, 11) is -4.62. The number of aliphatic hydroxyl groups is 1. The van der Waals surface area contributed by atoms with E-state index in [0.29, 0.717) is 19.0 Å². The molecular formula is C9H18NNaO4S. The first-order chi connectivity index (χ1) is 6.76. The molecule has 90 valence electrons. The van der Waals surface area contributed by atoms with Gasteiger partial charge in [0.25, 0.3) is 0 Å². The normalized spacial score (nSPS) is 28.6. The molecule has 16 heavy (non-hydrogen) atoms. The number of likely N-dealkylation sites (tertiary alicyclic amines) is 1. The standard InChI is InChI=1S/C9H19NO4S.Na/c1-8(2)10-6-3-4-9(11,5-7-10)15(12,13)14;/h8,11H,3-7H2,1-2H3,(H,12,13,14);/q;+1/p-1. The van der Waals surface area contributed by atoms with Crippen LogP contribution in [0.25, 0.3) is 0 Å². The van der Waals surface area contributed by atoms with Crippen LogP contribution in [0.3, 0.4) is 0 Å². The van der Waals surface area contributed by atoms with Crippen LogP contribution in [0, 0.1) is 0 Å². The van der Waals surface area contributed by atoms with E-state index in [-0.39, 0.29) is 42.4 Å². The number of nitrogens with zero attached hydrogens (tertiary/aromatic N) is 1. The molecule has 0 aromatic rings. The molecule has 7 heteroatoms. The van der Waals surface area contributed by atoms with Gasteiger partial charge in [-0.2, -0.15) is 0 Å². The molecule has 1 aliphatic heterocycles. The Morgan fingerprint density at radius 3 is 2.31 bits per heavy atom. The van der Waals surface area contributed by atoms with E-state index in [1.165, 1.54) is 0 Å². The molecule has 5 nitrogen and oxygen atoms in total. The predicted octanol–water partition coefficient (Wildman–Crippen LogP) is -2.88. The minimum Gasteiger partial charge on any atom is -0.746 e. The second kappa shape index (κ2) is 6.13. The molecule has 0 aromatic carbocycles. The molecule has 0 spiro atoms. The van der Waals surface area contributed by atoms with E-state index in [1.54, 1.807) is 0 Å². The number of hydrogen-bond donors (Lipinski definition) is 1. The van der Waals surface area contributed by atoms with Crippen LogP contribution in [0.2, 0.25) is 0 Å². The van der Waals surface area contributed by atoms with Crippen LogP contribution in [-0.2, 0) is 10.1 Å². The van der Waals surface area contributed by atoms with Gasteiger partial charge in [-0.3, -0.25) is 0 Å². The van der Waals surface area contributed by atoms with Crippen LogP contribution in [0.4, 0.5) is 0 Å². The summed E-state index contributed by atoms with van der Waals surface area (Å²) in [5.41, 5.74) is 0. The van der Waals surface area contributed by atoms with Crippen molar-refractivity contribution in [3.8, 4) is 0 Å². The first kappa shape index (κ1) is 16.8. The fraction of sp³-hybridized carbons (Fsp3) is 1.00. The topological polar surface area (TPSA) is 80.7 Å². The summed E-state index contributed by atoms with van der Waals surface area (Å²) < 4.78 is 32.7. The van der Waals surface area contributed by atoms with Gasteiger partial charge in [-0.05, 0) is 33.2 Å². The Hall–Kier alpha value is 0.830. The van der Waals surface area contributed by atoms with Crippen LogP contribution in [0.5, 0.6) is 0 Å². The van der Waals surface area contributed by atoms with E-state index in [4.69, 9.17) is 0 Å². The third-order valence-electron chi connectivity index (χ3n) is 3.00. The molecule has 0 saturated carbocycles. The second-order valence-electron chi connectivity index (χ2n) is 4.38. The van der Waals surface area contributed by atoms with Crippen LogP contribution in [0.1, 0.15) is 33.1 Å². The van der Waals surface area contributed by atoms with Crippen molar-refractivity contribution in [3.05, 3.63) is 0 Å². The van der Waals surface area contributed by atoms with Crippen LogP contribution >= 0.6 is 0 Å². The van der Waals surface area contributed by atoms with E-state index < -0.39 is 15.1 Å². The summed E-state index contributed by atoms with van der Waals surface area (Å²) in [4.78, 5) is 0.0137. The van der Waals surface area contributed by atoms with Gasteiger partial charge >= 0.3 is 29.6 Å². The van der Waals surface area contributed by atoms with Crippen molar-refractivity contribution in [1.82, 2.24) is 4.90 Å². The first-order valence-electron chi connectivity index (χ1n) is 5.18. The largest absolute Gasteiger partial charge is 1.00 e. The third kappa shape index (κ3) is 3.94. The van der Waals surface area contributed by atoms with Crippen molar-refractivity contribution in [2.45, 2.75) is 44.1 Å². The van der Waals surface area contributed by atoms with E-state index in [0.717, 1.165) is 6.54 Å². The van der Waals surface area contributed by atoms with E-state index >= 15 is 0 Å². The van der Waals surface area contributed by atoms with Crippen LogP contribution in [0.15, 0.2) is 0 Å². The van der Waals surface area contributed by atoms with E-state index in [9.17, 15) is 18.1 Å². The summed E-state index contributed by atoms with van der Waals surface area (Å²) >= 11 is 0. The summed E-state index contributed by atoms with van der Waals surface area (Å²) in [6.07, 6.45) is 0.592. The monoisotopic (exact) mass is 259 g/mol. The maximum atomic E-state index is 10.9. The minimum atomic E-state index is -4.62. The number of hydrogen-bond acceptors (Lipinski definition) is 5. The van der Waals surface area contributed by atoms with Crippen molar-refractivity contribution >= 4 is 10.1 Å². The Kier molecular flexibility index (Phi) is 6.45. The first-order valence-corrected chi connectivity index (χ1v) is 6.59. The Morgan fingerprint density at radius 2 is 1.88 bits per heavy atom. The molecule has 0 bridgehead atoms. The van der Waals surface area contributed by atoms with Crippen molar-refractivity contribution in [3.63, 3.8) is 0 Å². The zero-order valence-electron chi connectivity index (χ0n) is 10.1. The van der Waals surface area contributed by atoms with Gasteiger partial charge in [0.05, 0.1) is 0 Å². The molecule has 1 N–H and O–H groups in total. The number of rotatable bonds is 2. The smallest absolute Gasteiger partial charge is 0.746 e. The fourth-order valence-electron chi connectivity index (χ4n) is 1.88. The van der Waals surface area contributed by atoms with Crippen molar-refractivity contribution in [2.75, 3.05) is 13.1 Å². The van der Waals surface area contributed by atoms with Gasteiger partial charge in [-0.15, -0.1) is 0 Å². The molecule has 1 fully saturated rings. The molecule has 1 heterocycles. The summed E-state index contributed by atoms with van der Waals surface area (Å²) in [6.45, 7) is 5.21. The molecular weight excluding hydrogens is 241 g/mol. The van der Waals surface area contributed by atoms with Gasteiger partial charge in [-0.1, -0.05) is 0 Å². The molecule has 0 aromatic heterocycles. The van der Waals surface area contributed by atoms with Crippen molar-refractivity contribution in [1.29, 1.82) is 0 Å². The van der Waals surface area contributed by atoms with E-state index in [1.807, 2.05) is 13.8 Å². The molecule has 0 amide bonds. The minimum absolute atomic E-state index is 0. The maximum Gasteiger partial charge on any atom is 1.00 e. The Morgan fingerprint density at radius 1 is 1.31 bits per heavy atom. The van der Waals surface area contributed by atoms with Crippen molar-refractivity contribution in [2.24, 2.45) is 0 Å². The zero-order chi connectivity index (χ0) is 11.7. The molecule has 0 aliphatic carbocycles. The van der Waals surface area contributed by atoms with Gasteiger partial charge in [0.1, 0.15) is 10.1 Å². The third-order valence-corrected chi connectivity index (χ3v) is 4.34. The molecule has 0 radical (unpaired) electrons. The molecule has 1 aliphatic rings. The summed E-state index contributed by atoms with van der Waals surface area (Å²) in [5, 5.41) is 9.76. The predicted molar refractivity (Wildman–Crippen MR) is 55.2 cm³/mol. The van der Waals surface area contributed by atoms with Gasteiger partial charge in [-0.25, -0.2) is 8.42 Å². The molecule has 1 rings (SSSR count).